The molecule has 2 unspecified atom stereocenters. The average Bonchev–Trinajstić information content (AvgIpc) is 2.96. The maximum Gasteiger partial charge on any atom is 0.282 e. The van der Waals surface area contributed by atoms with Gasteiger partial charge < -0.3 is 5.32 Å². The van der Waals surface area contributed by atoms with Crippen molar-refractivity contribution in [3.05, 3.63) is 74.3 Å². The number of amides is 3. The van der Waals surface area contributed by atoms with Gasteiger partial charge in [0, 0.05) is 11.1 Å². The smallest absolute Gasteiger partial charge is 0.282 e. The molecule has 1 N–H and O–H groups in total. The summed E-state index contributed by atoms with van der Waals surface area (Å²) >= 11 is 5.90. The predicted molar refractivity (Wildman–Crippen MR) is 106 cm³/mol. The van der Waals surface area contributed by atoms with Gasteiger partial charge in [0.05, 0.1) is 16.5 Å². The van der Waals surface area contributed by atoms with Crippen LogP contribution in [-0.2, 0) is 4.79 Å². The summed E-state index contributed by atoms with van der Waals surface area (Å²) in [5, 5.41) is 14.6. The molecule has 2 aromatic carbocycles. The lowest BCUT2D eigenvalue weighted by molar-refractivity contribution is -0.385. The summed E-state index contributed by atoms with van der Waals surface area (Å²) in [6.45, 7) is 3.30. The molecular weight excluding hydrogens is 398 g/mol. The van der Waals surface area contributed by atoms with Crippen LogP contribution in [0.25, 0.3) is 0 Å². The first-order chi connectivity index (χ1) is 13.8. The van der Waals surface area contributed by atoms with E-state index >= 15 is 0 Å². The van der Waals surface area contributed by atoms with Crippen molar-refractivity contribution in [3.8, 4) is 0 Å². The Morgan fingerprint density at radius 3 is 2.41 bits per heavy atom. The Bertz CT molecular complexity index is 1010. The average molecular weight is 416 g/mol. The molecule has 0 spiro atoms. The van der Waals surface area contributed by atoms with Crippen molar-refractivity contribution in [1.82, 2.24) is 10.2 Å². The maximum absolute atomic E-state index is 12.8. The molecule has 1 aliphatic heterocycles. The zero-order valence-electron chi connectivity index (χ0n) is 15.7. The summed E-state index contributed by atoms with van der Waals surface area (Å²) in [5.74, 6) is -2.11. The van der Waals surface area contributed by atoms with E-state index in [1.807, 2.05) is 6.92 Å². The Morgan fingerprint density at radius 1 is 1.17 bits per heavy atom. The van der Waals surface area contributed by atoms with Crippen molar-refractivity contribution in [3.63, 3.8) is 0 Å². The first kappa shape index (κ1) is 20.5. The minimum absolute atomic E-state index is 0.0754. The van der Waals surface area contributed by atoms with E-state index in [4.69, 9.17) is 11.6 Å². The number of hydrogen-bond donors (Lipinski definition) is 1. The lowest BCUT2D eigenvalue weighted by atomic mass is 10.0. The Hall–Kier alpha value is -3.26. The van der Waals surface area contributed by atoms with Crippen molar-refractivity contribution in [2.24, 2.45) is 0 Å². The van der Waals surface area contributed by atoms with Crippen LogP contribution in [0, 0.1) is 10.1 Å². The summed E-state index contributed by atoms with van der Waals surface area (Å²) < 4.78 is 0. The minimum atomic E-state index is -1.14. The number of nitro groups is 1. The van der Waals surface area contributed by atoms with Gasteiger partial charge in [0.2, 0.25) is 5.91 Å². The zero-order chi connectivity index (χ0) is 21.3. The largest absolute Gasteiger partial charge is 0.348 e. The van der Waals surface area contributed by atoms with Gasteiger partial charge in [0.1, 0.15) is 11.6 Å². The van der Waals surface area contributed by atoms with Crippen molar-refractivity contribution >= 4 is 35.0 Å². The van der Waals surface area contributed by atoms with Gasteiger partial charge >= 0.3 is 0 Å². The Morgan fingerprint density at radius 2 is 1.83 bits per heavy atom. The molecule has 2 atom stereocenters. The van der Waals surface area contributed by atoms with Crippen LogP contribution in [0.2, 0.25) is 5.02 Å². The van der Waals surface area contributed by atoms with E-state index in [-0.39, 0.29) is 17.2 Å². The Balaban J connectivity index is 1.83. The number of imide groups is 1. The second-order valence-corrected chi connectivity index (χ2v) is 7.07. The zero-order valence-corrected chi connectivity index (χ0v) is 16.5. The molecule has 0 bridgehead atoms. The molecule has 9 heteroatoms. The fourth-order valence-electron chi connectivity index (χ4n) is 3.32. The van der Waals surface area contributed by atoms with E-state index in [9.17, 15) is 24.5 Å². The van der Waals surface area contributed by atoms with Crippen LogP contribution in [0.1, 0.15) is 52.6 Å². The molecule has 3 amide bonds. The highest BCUT2D eigenvalue weighted by atomic mass is 35.5. The molecule has 150 valence electrons. The molecule has 0 aliphatic carbocycles. The highest BCUT2D eigenvalue weighted by Gasteiger charge is 2.45. The number of carbonyl (C=O) groups excluding carboxylic acids is 3. The quantitative estimate of drug-likeness (QED) is 0.441. The van der Waals surface area contributed by atoms with Crippen LogP contribution in [0.15, 0.2) is 42.5 Å². The van der Waals surface area contributed by atoms with E-state index in [1.165, 1.54) is 19.1 Å². The molecule has 0 radical (unpaired) electrons. The highest BCUT2D eigenvalue weighted by molar-refractivity contribution is 6.30. The topological polar surface area (TPSA) is 110 Å². The number of nitro benzene ring substituents is 1. The Labute approximate surface area is 171 Å². The molecule has 0 fully saturated rings. The lowest BCUT2D eigenvalue weighted by Gasteiger charge is -2.25. The first-order valence-electron chi connectivity index (χ1n) is 8.97. The number of hydrogen-bond acceptors (Lipinski definition) is 5. The van der Waals surface area contributed by atoms with Crippen LogP contribution in [0.4, 0.5) is 5.69 Å². The van der Waals surface area contributed by atoms with Crippen LogP contribution in [0.3, 0.4) is 0 Å². The number of fused-ring (bicyclic) bond motifs is 1. The highest BCUT2D eigenvalue weighted by Crippen LogP contribution is 2.32. The fourth-order valence-corrected chi connectivity index (χ4v) is 3.44. The standard InChI is InChI=1S/C20H18ClN3O5/c1-3-15(12-7-9-13(21)10-8-12)22-18(25)11(2)23-19(26)14-5-4-6-16(24(28)29)17(14)20(23)27/h4-11,15H,3H2,1-2H3,(H,22,25). The van der Waals surface area contributed by atoms with Crippen LogP contribution >= 0.6 is 11.6 Å². The van der Waals surface area contributed by atoms with Crippen molar-refractivity contribution in [1.29, 1.82) is 0 Å². The number of nitrogens with one attached hydrogen (secondary N) is 1. The molecule has 2 aromatic rings. The predicted octanol–water partition coefficient (Wildman–Crippen LogP) is 3.50. The third-order valence-corrected chi connectivity index (χ3v) is 5.14. The normalized spacial score (nSPS) is 15.1. The van der Waals surface area contributed by atoms with Crippen LogP contribution < -0.4 is 5.32 Å². The number of halogens is 1. The molecule has 0 saturated carbocycles. The SMILES string of the molecule is CCC(NC(=O)C(C)N1C(=O)c2cccc([N+](=O)[O-])c2C1=O)c1ccc(Cl)cc1. The lowest BCUT2D eigenvalue weighted by Crippen LogP contribution is -2.48. The van der Waals surface area contributed by atoms with E-state index in [2.05, 4.69) is 5.32 Å². The van der Waals surface area contributed by atoms with Crippen molar-refractivity contribution in [2.75, 3.05) is 0 Å². The van der Waals surface area contributed by atoms with Crippen LogP contribution in [0.5, 0.6) is 0 Å². The van der Waals surface area contributed by atoms with Gasteiger partial charge in [0.25, 0.3) is 17.5 Å². The van der Waals surface area contributed by atoms with E-state index < -0.39 is 34.4 Å². The monoisotopic (exact) mass is 415 g/mol. The second kappa shape index (κ2) is 8.00. The van der Waals surface area contributed by atoms with Gasteiger partial charge in [-0.05, 0) is 37.1 Å². The molecule has 3 rings (SSSR count). The fraction of sp³-hybridized carbons (Fsp3) is 0.250. The maximum atomic E-state index is 12.8. The number of nitrogens with zero attached hydrogens (tertiary/aromatic N) is 2. The summed E-state index contributed by atoms with van der Waals surface area (Å²) in [6, 6.07) is 9.34. The summed E-state index contributed by atoms with van der Waals surface area (Å²) in [4.78, 5) is 49.5. The summed E-state index contributed by atoms with van der Waals surface area (Å²) in [7, 11) is 0. The molecule has 0 aromatic heterocycles. The van der Waals surface area contributed by atoms with E-state index in [0.29, 0.717) is 11.4 Å². The molecule has 29 heavy (non-hydrogen) atoms. The third-order valence-electron chi connectivity index (χ3n) is 4.88. The number of rotatable bonds is 6. The number of benzene rings is 2. The van der Waals surface area contributed by atoms with Gasteiger partial charge in [-0.1, -0.05) is 36.7 Å². The van der Waals surface area contributed by atoms with E-state index in [1.54, 1.807) is 24.3 Å². The minimum Gasteiger partial charge on any atom is -0.348 e. The van der Waals surface area contributed by atoms with Crippen molar-refractivity contribution < 1.29 is 19.3 Å². The molecule has 8 nitrogen and oxygen atoms in total. The van der Waals surface area contributed by atoms with E-state index in [0.717, 1.165) is 16.5 Å². The van der Waals surface area contributed by atoms with Gasteiger partial charge in [-0.2, -0.15) is 0 Å². The van der Waals surface area contributed by atoms with Gasteiger partial charge in [-0.15, -0.1) is 0 Å². The van der Waals surface area contributed by atoms with Gasteiger partial charge in [0.15, 0.2) is 0 Å². The van der Waals surface area contributed by atoms with Crippen molar-refractivity contribution in [2.45, 2.75) is 32.4 Å². The number of carbonyl (C=O) groups is 3. The van der Waals surface area contributed by atoms with Crippen LogP contribution in [-0.4, -0.2) is 33.6 Å². The third kappa shape index (κ3) is 3.71. The molecular formula is C20H18ClN3O5. The molecule has 0 saturated heterocycles. The molecule has 1 heterocycles. The Kier molecular flexibility index (Phi) is 5.65. The first-order valence-corrected chi connectivity index (χ1v) is 9.35. The van der Waals surface area contributed by atoms with Gasteiger partial charge in [-0.3, -0.25) is 29.4 Å². The van der Waals surface area contributed by atoms with Gasteiger partial charge in [-0.25, -0.2) is 0 Å². The summed E-state index contributed by atoms with van der Waals surface area (Å²) in [5.41, 5.74) is 0.0134. The second-order valence-electron chi connectivity index (χ2n) is 6.63. The molecule has 1 aliphatic rings. The summed E-state index contributed by atoms with van der Waals surface area (Å²) in [6.07, 6.45) is 0.577.